The van der Waals surface area contributed by atoms with Gasteiger partial charge in [-0.1, -0.05) is 90.9 Å². The molecule has 0 heterocycles. The first-order chi connectivity index (χ1) is 18.7. The van der Waals surface area contributed by atoms with Gasteiger partial charge in [-0.05, 0) is 12.8 Å². The number of ether oxygens (including phenoxy) is 5. The minimum Gasteiger partial charge on any atom is -0.466 e. The van der Waals surface area contributed by atoms with Gasteiger partial charge in [-0.15, -0.1) is 0 Å². The lowest BCUT2D eigenvalue weighted by molar-refractivity contribution is -0.145. The molecule has 0 N–H and O–H groups in total. The Labute approximate surface area is 237 Å². The lowest BCUT2D eigenvalue weighted by atomic mass is 10.1. The SMILES string of the molecule is CCCCCCCCCCCC(=O)OCCOCCOCCOCCSCCC(=O)OCCCCCCC. The summed E-state index contributed by atoms with van der Waals surface area (Å²) in [6.07, 6.45) is 17.9. The van der Waals surface area contributed by atoms with Crippen molar-refractivity contribution in [2.24, 2.45) is 0 Å². The Bertz CT molecular complexity index is 505. The van der Waals surface area contributed by atoms with Crippen LogP contribution in [0, 0.1) is 0 Å². The molecule has 0 aliphatic heterocycles. The van der Waals surface area contributed by atoms with Gasteiger partial charge in [0, 0.05) is 17.9 Å². The van der Waals surface area contributed by atoms with E-state index in [-0.39, 0.29) is 11.9 Å². The number of carbonyl (C=O) groups is 2. The summed E-state index contributed by atoms with van der Waals surface area (Å²) in [5, 5.41) is 0. The Kier molecular flexibility index (Phi) is 31.7. The molecule has 0 unspecified atom stereocenters. The maximum atomic E-state index is 11.7. The lowest BCUT2D eigenvalue weighted by Gasteiger charge is -2.08. The predicted octanol–water partition coefficient (Wildman–Crippen LogP) is 7.14. The third-order valence-corrected chi connectivity index (χ3v) is 7.00. The molecule has 0 bridgehead atoms. The standard InChI is InChI=1S/C30H58O7S/c1-3-5-7-9-10-11-12-13-15-17-29(31)37-25-24-34-21-20-33-22-23-35-26-28-38-27-18-30(32)36-19-16-14-8-6-4-2/h3-28H2,1-2H3. The van der Waals surface area contributed by atoms with Crippen LogP contribution in [0.5, 0.6) is 0 Å². The maximum Gasteiger partial charge on any atom is 0.306 e. The van der Waals surface area contributed by atoms with Gasteiger partial charge in [-0.2, -0.15) is 11.8 Å². The average molecular weight is 563 g/mol. The normalized spacial score (nSPS) is 11.1. The number of hydrogen-bond acceptors (Lipinski definition) is 8. The Hall–Kier alpha value is -0.830. The molecule has 0 aliphatic carbocycles. The van der Waals surface area contributed by atoms with Crippen LogP contribution in [0.25, 0.3) is 0 Å². The van der Waals surface area contributed by atoms with Crippen molar-refractivity contribution >= 4 is 23.7 Å². The van der Waals surface area contributed by atoms with Gasteiger partial charge < -0.3 is 23.7 Å². The van der Waals surface area contributed by atoms with Crippen LogP contribution in [0.2, 0.25) is 0 Å². The summed E-state index contributed by atoms with van der Waals surface area (Å²) in [5.74, 6) is 1.39. The van der Waals surface area contributed by atoms with Crippen LogP contribution in [-0.2, 0) is 33.3 Å². The second kappa shape index (κ2) is 32.4. The quantitative estimate of drug-likeness (QED) is 0.0652. The first-order valence-corrected chi connectivity index (χ1v) is 16.5. The highest BCUT2D eigenvalue weighted by Gasteiger charge is 2.04. The van der Waals surface area contributed by atoms with Crippen LogP contribution < -0.4 is 0 Å². The van der Waals surface area contributed by atoms with Crippen molar-refractivity contribution in [1.82, 2.24) is 0 Å². The number of esters is 2. The van der Waals surface area contributed by atoms with E-state index in [1.54, 1.807) is 11.8 Å². The number of hydrogen-bond donors (Lipinski definition) is 0. The van der Waals surface area contributed by atoms with Gasteiger partial charge in [0.15, 0.2) is 0 Å². The van der Waals surface area contributed by atoms with Gasteiger partial charge in [-0.3, -0.25) is 9.59 Å². The van der Waals surface area contributed by atoms with Crippen molar-refractivity contribution < 1.29 is 33.3 Å². The number of thioether (sulfide) groups is 1. The summed E-state index contributed by atoms with van der Waals surface area (Å²) < 4.78 is 26.9. The van der Waals surface area contributed by atoms with Crippen molar-refractivity contribution in [1.29, 1.82) is 0 Å². The third-order valence-electron chi connectivity index (χ3n) is 6.05. The number of unbranched alkanes of at least 4 members (excludes halogenated alkanes) is 12. The summed E-state index contributed by atoms with van der Waals surface area (Å²) in [5.41, 5.74) is 0. The molecule has 0 saturated carbocycles. The molecule has 38 heavy (non-hydrogen) atoms. The summed E-state index contributed by atoms with van der Waals surface area (Å²) in [4.78, 5) is 23.4. The van der Waals surface area contributed by atoms with E-state index in [1.807, 2.05) is 0 Å². The van der Waals surface area contributed by atoms with Crippen LogP contribution in [-0.4, -0.2) is 76.3 Å². The van der Waals surface area contributed by atoms with E-state index in [1.165, 1.54) is 64.2 Å². The third kappa shape index (κ3) is 31.4. The molecule has 0 saturated heterocycles. The van der Waals surface area contributed by atoms with E-state index in [9.17, 15) is 9.59 Å². The summed E-state index contributed by atoms with van der Waals surface area (Å²) in [7, 11) is 0. The van der Waals surface area contributed by atoms with E-state index in [2.05, 4.69) is 13.8 Å². The first-order valence-electron chi connectivity index (χ1n) is 15.3. The molecular weight excluding hydrogens is 504 g/mol. The molecule has 226 valence electrons. The van der Waals surface area contributed by atoms with Crippen molar-refractivity contribution in [3.05, 3.63) is 0 Å². The topological polar surface area (TPSA) is 80.3 Å². The molecule has 0 aliphatic rings. The van der Waals surface area contributed by atoms with Crippen molar-refractivity contribution in [3.8, 4) is 0 Å². The molecule has 0 aromatic rings. The highest BCUT2D eigenvalue weighted by atomic mass is 32.2. The molecule has 0 rings (SSSR count). The molecule has 0 aromatic heterocycles. The van der Waals surface area contributed by atoms with E-state index in [4.69, 9.17) is 23.7 Å². The summed E-state index contributed by atoms with van der Waals surface area (Å²) in [6.45, 7) is 8.34. The molecular formula is C30H58O7S. The summed E-state index contributed by atoms with van der Waals surface area (Å²) >= 11 is 1.70. The second-order valence-electron chi connectivity index (χ2n) is 9.63. The molecule has 0 atom stereocenters. The van der Waals surface area contributed by atoms with E-state index < -0.39 is 0 Å². The van der Waals surface area contributed by atoms with Crippen LogP contribution >= 0.6 is 11.8 Å². The minimum absolute atomic E-state index is 0.100. The molecule has 0 fully saturated rings. The van der Waals surface area contributed by atoms with Crippen LogP contribution in [0.4, 0.5) is 0 Å². The van der Waals surface area contributed by atoms with Gasteiger partial charge in [0.25, 0.3) is 0 Å². The van der Waals surface area contributed by atoms with Gasteiger partial charge in [0.2, 0.25) is 0 Å². The molecule has 8 heteroatoms. The number of rotatable bonds is 31. The van der Waals surface area contributed by atoms with E-state index in [0.717, 1.165) is 37.2 Å². The van der Waals surface area contributed by atoms with Crippen molar-refractivity contribution in [2.45, 2.75) is 117 Å². The van der Waals surface area contributed by atoms with Gasteiger partial charge in [0.1, 0.15) is 6.61 Å². The fourth-order valence-electron chi connectivity index (χ4n) is 3.75. The minimum atomic E-state index is -0.129. The van der Waals surface area contributed by atoms with Crippen molar-refractivity contribution in [3.63, 3.8) is 0 Å². The average Bonchev–Trinajstić information content (AvgIpc) is 2.91. The Morgan fingerprint density at radius 2 is 0.895 bits per heavy atom. The summed E-state index contributed by atoms with van der Waals surface area (Å²) in [6, 6.07) is 0. The fraction of sp³-hybridized carbons (Fsp3) is 0.933. The van der Waals surface area contributed by atoms with Gasteiger partial charge in [-0.25, -0.2) is 0 Å². The van der Waals surface area contributed by atoms with E-state index >= 15 is 0 Å². The highest BCUT2D eigenvalue weighted by Crippen LogP contribution is 2.11. The maximum absolute atomic E-state index is 11.7. The Balaban J connectivity index is 3.20. The highest BCUT2D eigenvalue weighted by molar-refractivity contribution is 7.99. The fourth-order valence-corrected chi connectivity index (χ4v) is 4.50. The zero-order valence-corrected chi connectivity index (χ0v) is 25.5. The lowest BCUT2D eigenvalue weighted by Crippen LogP contribution is -2.14. The zero-order valence-electron chi connectivity index (χ0n) is 24.7. The largest absolute Gasteiger partial charge is 0.466 e. The van der Waals surface area contributed by atoms with Gasteiger partial charge >= 0.3 is 11.9 Å². The van der Waals surface area contributed by atoms with Crippen LogP contribution in [0.1, 0.15) is 117 Å². The van der Waals surface area contributed by atoms with Gasteiger partial charge in [0.05, 0.1) is 52.7 Å². The van der Waals surface area contributed by atoms with E-state index in [0.29, 0.717) is 65.7 Å². The Morgan fingerprint density at radius 3 is 1.50 bits per heavy atom. The predicted molar refractivity (Wildman–Crippen MR) is 157 cm³/mol. The molecule has 7 nitrogen and oxygen atoms in total. The Morgan fingerprint density at radius 1 is 0.447 bits per heavy atom. The smallest absolute Gasteiger partial charge is 0.306 e. The van der Waals surface area contributed by atoms with Crippen LogP contribution in [0.3, 0.4) is 0 Å². The molecule has 0 radical (unpaired) electrons. The zero-order chi connectivity index (χ0) is 27.8. The second-order valence-corrected chi connectivity index (χ2v) is 10.9. The molecule has 0 aromatic carbocycles. The first kappa shape index (κ1) is 37.2. The molecule has 0 spiro atoms. The monoisotopic (exact) mass is 562 g/mol. The van der Waals surface area contributed by atoms with Crippen LogP contribution in [0.15, 0.2) is 0 Å². The van der Waals surface area contributed by atoms with Crippen molar-refractivity contribution in [2.75, 3.05) is 64.4 Å². The molecule has 0 amide bonds. The number of carbonyl (C=O) groups excluding carboxylic acids is 2.